The van der Waals surface area contributed by atoms with Gasteiger partial charge in [-0.3, -0.25) is 10.1 Å². The number of rotatable bonds is 3. The summed E-state index contributed by atoms with van der Waals surface area (Å²) in [5.74, 6) is 0.125. The van der Waals surface area contributed by atoms with E-state index in [1.807, 2.05) is 46.8 Å². The molecule has 7 heteroatoms. The van der Waals surface area contributed by atoms with Crippen molar-refractivity contribution in [1.29, 1.82) is 0 Å². The monoisotopic (exact) mass is 383 g/mol. The molecule has 27 heavy (non-hydrogen) atoms. The summed E-state index contributed by atoms with van der Waals surface area (Å²) in [6.45, 7) is 11.9. The normalized spacial score (nSPS) is 11.4. The van der Waals surface area contributed by atoms with Crippen LogP contribution in [0.25, 0.3) is 0 Å². The second-order valence-electron chi connectivity index (χ2n) is 6.77. The lowest BCUT2D eigenvalue weighted by atomic mass is 9.86. The van der Waals surface area contributed by atoms with Crippen LogP contribution in [0.2, 0.25) is 0 Å². The van der Waals surface area contributed by atoms with Crippen LogP contribution in [-0.4, -0.2) is 4.92 Å². The number of ether oxygens (including phenoxy) is 1. The molecule has 0 amide bonds. The fourth-order valence-corrected chi connectivity index (χ4v) is 2.27. The Morgan fingerprint density at radius 2 is 1.44 bits per heavy atom. The van der Waals surface area contributed by atoms with Gasteiger partial charge in [-0.05, 0) is 41.7 Å². The average Bonchev–Trinajstić information content (AvgIpc) is 2.56. The van der Waals surface area contributed by atoms with Gasteiger partial charge in [0.05, 0.1) is 10.5 Å². The highest BCUT2D eigenvalue weighted by Crippen LogP contribution is 2.39. The van der Waals surface area contributed by atoms with Crippen LogP contribution in [0.3, 0.4) is 0 Å². The van der Waals surface area contributed by atoms with Crippen molar-refractivity contribution in [3.05, 3.63) is 63.2 Å². The number of benzene rings is 2. The number of aryl methyl sites for hydroxylation is 1. The van der Waals surface area contributed by atoms with Crippen LogP contribution in [0, 0.1) is 17.0 Å². The number of nitro groups is 1. The number of nitro benzene ring substituents is 1. The van der Waals surface area contributed by atoms with E-state index in [-0.39, 0.29) is 11.2 Å². The van der Waals surface area contributed by atoms with Crippen LogP contribution in [0.15, 0.2) is 36.4 Å². The molecule has 0 radical (unpaired) electrons. The molecule has 2 aromatic rings. The van der Waals surface area contributed by atoms with Gasteiger partial charge in [-0.1, -0.05) is 46.8 Å². The minimum atomic E-state index is -4.66. The first kappa shape index (κ1) is 22.5. The van der Waals surface area contributed by atoms with Crippen molar-refractivity contribution in [3.63, 3.8) is 0 Å². The van der Waals surface area contributed by atoms with Gasteiger partial charge in [0, 0.05) is 6.07 Å². The SMILES string of the molecule is CC.Cc1cc(C(C)(C)C)ccc1Oc1ccc(C(F)(F)F)cc1[N+](=O)[O-]. The lowest BCUT2D eigenvalue weighted by Crippen LogP contribution is -2.11. The summed E-state index contributed by atoms with van der Waals surface area (Å²) in [6.07, 6.45) is -4.66. The maximum Gasteiger partial charge on any atom is 0.416 e. The molecule has 0 unspecified atom stereocenters. The molecule has 4 nitrogen and oxygen atoms in total. The van der Waals surface area contributed by atoms with Gasteiger partial charge < -0.3 is 4.74 Å². The number of alkyl halides is 3. The molecule has 0 saturated carbocycles. The van der Waals surface area contributed by atoms with Gasteiger partial charge in [0.25, 0.3) is 0 Å². The zero-order chi connectivity index (χ0) is 21.0. The van der Waals surface area contributed by atoms with Gasteiger partial charge >= 0.3 is 11.9 Å². The highest BCUT2D eigenvalue weighted by Gasteiger charge is 2.33. The molecule has 0 spiro atoms. The molecule has 0 heterocycles. The van der Waals surface area contributed by atoms with E-state index in [4.69, 9.17) is 4.74 Å². The summed E-state index contributed by atoms with van der Waals surface area (Å²) in [4.78, 5) is 10.2. The van der Waals surface area contributed by atoms with E-state index < -0.39 is 22.4 Å². The molecule has 0 bridgehead atoms. The lowest BCUT2D eigenvalue weighted by molar-refractivity contribution is -0.385. The third-order valence-electron chi connectivity index (χ3n) is 3.74. The third-order valence-corrected chi connectivity index (χ3v) is 3.74. The Balaban J connectivity index is 0.00000176. The molecule has 0 aliphatic carbocycles. The first-order valence-corrected chi connectivity index (χ1v) is 8.54. The number of hydrogen-bond donors (Lipinski definition) is 0. The zero-order valence-corrected chi connectivity index (χ0v) is 16.3. The maximum atomic E-state index is 12.7. The molecule has 0 atom stereocenters. The molecule has 0 N–H and O–H groups in total. The van der Waals surface area contributed by atoms with Crippen molar-refractivity contribution in [2.75, 3.05) is 0 Å². The molecule has 0 aliphatic heterocycles. The van der Waals surface area contributed by atoms with Gasteiger partial charge in [-0.25, -0.2) is 0 Å². The second kappa shape index (κ2) is 8.41. The standard InChI is InChI=1S/C18H18F3NO3.C2H6/c1-11-9-12(17(2,3)4)5-7-15(11)25-16-8-6-13(18(19,20)21)10-14(16)22(23)24;1-2/h5-10H,1-4H3;1-2H3. The van der Waals surface area contributed by atoms with Gasteiger partial charge in [0.1, 0.15) is 5.75 Å². The summed E-state index contributed by atoms with van der Waals surface area (Å²) in [6, 6.07) is 7.61. The number of hydrogen-bond acceptors (Lipinski definition) is 3. The van der Waals surface area contributed by atoms with E-state index in [0.29, 0.717) is 11.8 Å². The van der Waals surface area contributed by atoms with Crippen molar-refractivity contribution in [3.8, 4) is 11.5 Å². The van der Waals surface area contributed by atoms with Crippen LogP contribution in [-0.2, 0) is 11.6 Å². The van der Waals surface area contributed by atoms with E-state index in [1.54, 1.807) is 13.0 Å². The van der Waals surface area contributed by atoms with Crippen LogP contribution >= 0.6 is 0 Å². The van der Waals surface area contributed by atoms with E-state index in [0.717, 1.165) is 23.3 Å². The molecule has 148 valence electrons. The average molecular weight is 383 g/mol. The van der Waals surface area contributed by atoms with Gasteiger partial charge in [0.2, 0.25) is 5.75 Å². The summed E-state index contributed by atoms with van der Waals surface area (Å²) in [7, 11) is 0. The van der Waals surface area contributed by atoms with Crippen LogP contribution < -0.4 is 4.74 Å². The molecular formula is C20H24F3NO3. The summed E-state index contributed by atoms with van der Waals surface area (Å²) in [5.41, 5.74) is -0.106. The van der Waals surface area contributed by atoms with E-state index in [1.165, 1.54) is 0 Å². The molecule has 2 aromatic carbocycles. The number of halogens is 3. The molecule has 0 saturated heterocycles. The largest absolute Gasteiger partial charge is 0.450 e. The van der Waals surface area contributed by atoms with Crippen LogP contribution in [0.5, 0.6) is 11.5 Å². The Morgan fingerprint density at radius 3 is 1.89 bits per heavy atom. The first-order chi connectivity index (χ1) is 12.4. The molecular weight excluding hydrogens is 359 g/mol. The first-order valence-electron chi connectivity index (χ1n) is 8.54. The zero-order valence-electron chi connectivity index (χ0n) is 16.3. The maximum absolute atomic E-state index is 12.7. The van der Waals surface area contributed by atoms with Crippen molar-refractivity contribution >= 4 is 5.69 Å². The van der Waals surface area contributed by atoms with Crippen molar-refractivity contribution < 1.29 is 22.8 Å². The molecule has 0 aliphatic rings. The van der Waals surface area contributed by atoms with E-state index >= 15 is 0 Å². The highest BCUT2D eigenvalue weighted by atomic mass is 19.4. The minimum Gasteiger partial charge on any atom is -0.450 e. The van der Waals surface area contributed by atoms with E-state index in [9.17, 15) is 23.3 Å². The van der Waals surface area contributed by atoms with Gasteiger partial charge in [-0.15, -0.1) is 0 Å². The Labute approximate surface area is 157 Å². The van der Waals surface area contributed by atoms with Crippen molar-refractivity contribution in [1.82, 2.24) is 0 Å². The second-order valence-corrected chi connectivity index (χ2v) is 6.77. The van der Waals surface area contributed by atoms with Crippen molar-refractivity contribution in [2.24, 2.45) is 0 Å². The quantitative estimate of drug-likeness (QED) is 0.422. The predicted molar refractivity (Wildman–Crippen MR) is 99.4 cm³/mol. The Hall–Kier alpha value is -2.57. The summed E-state index contributed by atoms with van der Waals surface area (Å²) < 4.78 is 43.8. The Morgan fingerprint density at radius 1 is 0.926 bits per heavy atom. The van der Waals surface area contributed by atoms with Crippen LogP contribution in [0.1, 0.15) is 51.3 Å². The fraction of sp³-hybridized carbons (Fsp3) is 0.400. The minimum absolute atomic E-state index is 0.0797. The molecule has 2 rings (SSSR count). The molecule has 0 fully saturated rings. The Kier molecular flexibility index (Phi) is 7.00. The molecule has 0 aromatic heterocycles. The fourth-order valence-electron chi connectivity index (χ4n) is 2.27. The summed E-state index contributed by atoms with van der Waals surface area (Å²) >= 11 is 0. The third kappa shape index (κ3) is 5.70. The summed E-state index contributed by atoms with van der Waals surface area (Å²) in [5, 5.41) is 11.1. The predicted octanol–water partition coefficient (Wildman–Crippen LogP) is 7.04. The van der Waals surface area contributed by atoms with Crippen molar-refractivity contribution in [2.45, 2.75) is 53.1 Å². The van der Waals surface area contributed by atoms with Crippen LogP contribution in [0.4, 0.5) is 18.9 Å². The highest BCUT2D eigenvalue weighted by molar-refractivity contribution is 5.52. The lowest BCUT2D eigenvalue weighted by Gasteiger charge is -2.20. The number of nitrogens with zero attached hydrogens (tertiary/aromatic N) is 1. The topological polar surface area (TPSA) is 52.4 Å². The van der Waals surface area contributed by atoms with Gasteiger partial charge in [0.15, 0.2) is 0 Å². The van der Waals surface area contributed by atoms with E-state index in [2.05, 4.69) is 0 Å². The van der Waals surface area contributed by atoms with Gasteiger partial charge in [-0.2, -0.15) is 13.2 Å². The smallest absolute Gasteiger partial charge is 0.416 e. The Bertz CT molecular complexity index is 809.